The highest BCUT2D eigenvalue weighted by Gasteiger charge is 2.19. The highest BCUT2D eigenvalue weighted by molar-refractivity contribution is 9.10. The topological polar surface area (TPSA) is 65.1 Å². The Balaban J connectivity index is 2.72. The van der Waals surface area contributed by atoms with Gasteiger partial charge in [-0.3, -0.25) is 9.59 Å². The van der Waals surface area contributed by atoms with Crippen molar-refractivity contribution >= 4 is 39.0 Å². The number of aldehydes is 1. The highest BCUT2D eigenvalue weighted by Crippen LogP contribution is 2.27. The molecule has 1 atom stereocenters. The quantitative estimate of drug-likeness (QED) is 0.882. The normalized spacial score (nSPS) is 12.6. The second-order valence-electron chi connectivity index (χ2n) is 4.10. The van der Waals surface area contributed by atoms with Gasteiger partial charge in [-0.15, -0.1) is 0 Å². The average molecular weight is 309 g/mol. The SMILES string of the molecule is CCC(C(N)=O)n1cc(C=O)c2cc(Br)ccc21. The monoisotopic (exact) mass is 308 g/mol. The number of carbonyl (C=O) groups excluding carboxylic acids is 2. The number of aromatic nitrogens is 1. The molecular weight excluding hydrogens is 296 g/mol. The van der Waals surface area contributed by atoms with Gasteiger partial charge in [0.25, 0.3) is 0 Å². The molecule has 2 aromatic rings. The molecule has 5 heteroatoms. The summed E-state index contributed by atoms with van der Waals surface area (Å²) in [7, 11) is 0. The van der Waals surface area contributed by atoms with Crippen molar-refractivity contribution in [1.82, 2.24) is 4.57 Å². The lowest BCUT2D eigenvalue weighted by Crippen LogP contribution is -2.25. The van der Waals surface area contributed by atoms with Crippen molar-refractivity contribution in [3.63, 3.8) is 0 Å². The van der Waals surface area contributed by atoms with Crippen LogP contribution in [0.2, 0.25) is 0 Å². The van der Waals surface area contributed by atoms with Crippen molar-refractivity contribution < 1.29 is 9.59 Å². The standard InChI is InChI=1S/C13H13BrN2O2/c1-2-11(13(15)18)16-6-8(7-17)10-5-9(14)3-4-12(10)16/h3-7,11H,2H2,1H3,(H2,15,18). The molecule has 1 aromatic carbocycles. The molecule has 2 N–H and O–H groups in total. The van der Waals surface area contributed by atoms with Gasteiger partial charge >= 0.3 is 0 Å². The Kier molecular flexibility index (Phi) is 3.52. The van der Waals surface area contributed by atoms with Gasteiger partial charge in [-0.2, -0.15) is 0 Å². The molecule has 18 heavy (non-hydrogen) atoms. The van der Waals surface area contributed by atoms with E-state index in [9.17, 15) is 9.59 Å². The molecule has 1 unspecified atom stereocenters. The van der Waals surface area contributed by atoms with Crippen molar-refractivity contribution in [2.75, 3.05) is 0 Å². The second kappa shape index (κ2) is 4.94. The molecule has 94 valence electrons. The third-order valence-corrected chi connectivity index (χ3v) is 3.50. The van der Waals surface area contributed by atoms with Crippen molar-refractivity contribution in [3.8, 4) is 0 Å². The van der Waals surface area contributed by atoms with Gasteiger partial charge in [-0.05, 0) is 24.6 Å². The number of carbonyl (C=O) groups is 2. The van der Waals surface area contributed by atoms with Crippen LogP contribution >= 0.6 is 15.9 Å². The molecule has 0 radical (unpaired) electrons. The van der Waals surface area contributed by atoms with Gasteiger partial charge in [0, 0.05) is 27.1 Å². The largest absolute Gasteiger partial charge is 0.368 e. The number of amides is 1. The molecule has 1 heterocycles. The summed E-state index contributed by atoms with van der Waals surface area (Å²) >= 11 is 3.37. The maximum absolute atomic E-state index is 11.4. The van der Waals surface area contributed by atoms with Crippen LogP contribution in [0.5, 0.6) is 0 Å². The molecule has 1 amide bonds. The number of rotatable bonds is 4. The van der Waals surface area contributed by atoms with Gasteiger partial charge in [-0.25, -0.2) is 0 Å². The van der Waals surface area contributed by atoms with Crippen LogP contribution in [0.15, 0.2) is 28.9 Å². The second-order valence-corrected chi connectivity index (χ2v) is 5.01. The zero-order valence-corrected chi connectivity index (χ0v) is 11.5. The number of nitrogens with two attached hydrogens (primary N) is 1. The maximum atomic E-state index is 11.4. The number of hydrogen-bond donors (Lipinski definition) is 1. The first kappa shape index (κ1) is 12.8. The van der Waals surface area contributed by atoms with Crippen molar-refractivity contribution in [3.05, 3.63) is 34.4 Å². The van der Waals surface area contributed by atoms with Gasteiger partial charge in [0.05, 0.1) is 0 Å². The summed E-state index contributed by atoms with van der Waals surface area (Å²) < 4.78 is 2.66. The summed E-state index contributed by atoms with van der Waals surface area (Å²) in [5.41, 5.74) is 6.79. The van der Waals surface area contributed by atoms with Crippen molar-refractivity contribution in [2.45, 2.75) is 19.4 Å². The summed E-state index contributed by atoms with van der Waals surface area (Å²) in [4.78, 5) is 22.5. The van der Waals surface area contributed by atoms with Gasteiger partial charge in [0.2, 0.25) is 5.91 Å². The van der Waals surface area contributed by atoms with Gasteiger partial charge < -0.3 is 10.3 Å². The molecule has 0 bridgehead atoms. The molecule has 0 saturated carbocycles. The molecule has 0 aliphatic rings. The van der Waals surface area contributed by atoms with Crippen LogP contribution in [0.3, 0.4) is 0 Å². The number of fused-ring (bicyclic) bond motifs is 1. The molecule has 2 rings (SSSR count). The molecule has 4 nitrogen and oxygen atoms in total. The Morgan fingerprint density at radius 3 is 2.83 bits per heavy atom. The number of halogens is 1. The minimum Gasteiger partial charge on any atom is -0.368 e. The Morgan fingerprint density at radius 1 is 1.56 bits per heavy atom. The van der Waals surface area contributed by atoms with Crippen LogP contribution in [-0.4, -0.2) is 16.8 Å². The Labute approximate surface area is 113 Å². The molecule has 0 spiro atoms. The first-order valence-corrected chi connectivity index (χ1v) is 6.42. The number of hydrogen-bond acceptors (Lipinski definition) is 2. The van der Waals surface area contributed by atoms with Crippen LogP contribution in [0, 0.1) is 0 Å². The molecular formula is C13H13BrN2O2. The van der Waals surface area contributed by atoms with Crippen LogP contribution in [0.25, 0.3) is 10.9 Å². The highest BCUT2D eigenvalue weighted by atomic mass is 79.9. The Hall–Kier alpha value is -1.62. The molecule has 0 aliphatic carbocycles. The summed E-state index contributed by atoms with van der Waals surface area (Å²) in [5, 5.41) is 0.819. The van der Waals surface area contributed by atoms with E-state index < -0.39 is 11.9 Å². The lowest BCUT2D eigenvalue weighted by molar-refractivity contribution is -0.121. The van der Waals surface area contributed by atoms with E-state index in [0.717, 1.165) is 21.7 Å². The van der Waals surface area contributed by atoms with E-state index in [1.54, 1.807) is 10.8 Å². The van der Waals surface area contributed by atoms with Crippen LogP contribution in [0.4, 0.5) is 0 Å². The number of primary amides is 1. The van der Waals surface area contributed by atoms with Gasteiger partial charge in [-0.1, -0.05) is 22.9 Å². The summed E-state index contributed by atoms with van der Waals surface area (Å²) in [6.45, 7) is 1.89. The molecule has 0 saturated heterocycles. The summed E-state index contributed by atoms with van der Waals surface area (Å²) in [6, 6.07) is 5.19. The van der Waals surface area contributed by atoms with Crippen molar-refractivity contribution in [2.24, 2.45) is 5.73 Å². The fraction of sp³-hybridized carbons (Fsp3) is 0.231. The Bertz CT molecular complexity index is 619. The smallest absolute Gasteiger partial charge is 0.240 e. The number of benzene rings is 1. The van der Waals surface area contributed by atoms with E-state index in [2.05, 4.69) is 15.9 Å². The van der Waals surface area contributed by atoms with Crippen LogP contribution < -0.4 is 5.73 Å². The van der Waals surface area contributed by atoms with E-state index in [-0.39, 0.29) is 0 Å². The van der Waals surface area contributed by atoms with E-state index in [1.807, 2.05) is 25.1 Å². The zero-order valence-electron chi connectivity index (χ0n) is 9.89. The van der Waals surface area contributed by atoms with E-state index in [0.29, 0.717) is 12.0 Å². The van der Waals surface area contributed by atoms with Crippen LogP contribution in [-0.2, 0) is 4.79 Å². The van der Waals surface area contributed by atoms with E-state index >= 15 is 0 Å². The van der Waals surface area contributed by atoms with Crippen LogP contribution in [0.1, 0.15) is 29.7 Å². The first-order chi connectivity index (χ1) is 8.58. The molecule has 1 aromatic heterocycles. The predicted octanol–water partition coefficient (Wildman–Crippen LogP) is 2.65. The fourth-order valence-electron chi connectivity index (χ4n) is 2.14. The lowest BCUT2D eigenvalue weighted by atomic mass is 10.2. The Morgan fingerprint density at radius 2 is 2.28 bits per heavy atom. The first-order valence-electron chi connectivity index (χ1n) is 5.63. The minimum atomic E-state index is -0.428. The fourth-order valence-corrected chi connectivity index (χ4v) is 2.50. The third kappa shape index (κ3) is 2.06. The molecule has 0 fully saturated rings. The van der Waals surface area contributed by atoms with Gasteiger partial charge in [0.15, 0.2) is 6.29 Å². The summed E-state index contributed by atoms with van der Waals surface area (Å²) in [5.74, 6) is -0.394. The number of nitrogens with zero attached hydrogens (tertiary/aromatic N) is 1. The predicted molar refractivity (Wildman–Crippen MR) is 73.5 cm³/mol. The maximum Gasteiger partial charge on any atom is 0.240 e. The summed E-state index contributed by atoms with van der Waals surface area (Å²) in [6.07, 6.45) is 3.06. The van der Waals surface area contributed by atoms with E-state index in [4.69, 9.17) is 5.73 Å². The van der Waals surface area contributed by atoms with E-state index in [1.165, 1.54) is 0 Å². The zero-order chi connectivity index (χ0) is 13.3. The molecule has 0 aliphatic heterocycles. The van der Waals surface area contributed by atoms with Crippen molar-refractivity contribution in [1.29, 1.82) is 0 Å². The average Bonchev–Trinajstić information content (AvgIpc) is 2.68. The third-order valence-electron chi connectivity index (χ3n) is 3.00. The van der Waals surface area contributed by atoms with Gasteiger partial charge in [0.1, 0.15) is 6.04 Å². The lowest BCUT2D eigenvalue weighted by Gasteiger charge is -2.14. The minimum absolute atomic E-state index is 0.394.